The molecule has 2 aromatic rings. The fraction of sp³-hybridized carbons (Fsp3) is 0.360. The second-order valence-corrected chi connectivity index (χ2v) is 8.37. The first kappa shape index (κ1) is 22.4. The molecule has 0 fully saturated rings. The highest BCUT2D eigenvalue weighted by atomic mass is 16.6. The number of carbonyl (C=O) groups excluding carboxylic acids is 2. The number of amides is 1. The van der Waals surface area contributed by atoms with Crippen LogP contribution in [0.1, 0.15) is 38.8 Å². The molecule has 6 heteroatoms. The Morgan fingerprint density at radius 1 is 1.03 bits per heavy atom. The minimum absolute atomic E-state index is 0.328. The van der Waals surface area contributed by atoms with Crippen LogP contribution >= 0.6 is 0 Å². The molecule has 1 heterocycles. The van der Waals surface area contributed by atoms with Gasteiger partial charge in [0, 0.05) is 25.7 Å². The van der Waals surface area contributed by atoms with Gasteiger partial charge in [-0.3, -0.25) is 4.90 Å². The Kier molecular flexibility index (Phi) is 7.00. The van der Waals surface area contributed by atoms with Gasteiger partial charge in [-0.05, 0) is 57.0 Å². The van der Waals surface area contributed by atoms with Crippen molar-refractivity contribution in [2.24, 2.45) is 0 Å². The maximum atomic E-state index is 12.9. The number of rotatable bonds is 5. The lowest BCUT2D eigenvalue weighted by Gasteiger charge is -2.38. The van der Waals surface area contributed by atoms with Crippen molar-refractivity contribution >= 4 is 29.5 Å². The van der Waals surface area contributed by atoms with Crippen molar-refractivity contribution in [3.63, 3.8) is 0 Å². The van der Waals surface area contributed by atoms with Crippen LogP contribution in [0.4, 0.5) is 16.2 Å². The van der Waals surface area contributed by atoms with E-state index in [-0.39, 0.29) is 6.09 Å². The van der Waals surface area contributed by atoms with Crippen LogP contribution in [-0.4, -0.2) is 37.4 Å². The molecular formula is C25H30N2O4. The van der Waals surface area contributed by atoms with E-state index in [1.165, 1.54) is 11.6 Å². The average molecular weight is 423 g/mol. The number of carbonyl (C=O) groups is 2. The molecule has 164 valence electrons. The van der Waals surface area contributed by atoms with Crippen molar-refractivity contribution in [2.75, 3.05) is 29.5 Å². The summed E-state index contributed by atoms with van der Waals surface area (Å²) in [5.74, 6) is -0.394. The van der Waals surface area contributed by atoms with Crippen LogP contribution < -0.4 is 9.80 Å². The summed E-state index contributed by atoms with van der Waals surface area (Å²) in [5, 5.41) is 0. The van der Waals surface area contributed by atoms with E-state index in [2.05, 4.69) is 17.0 Å². The molecule has 0 N–H and O–H groups in total. The zero-order chi connectivity index (χ0) is 22.4. The van der Waals surface area contributed by atoms with Gasteiger partial charge in [0.05, 0.1) is 18.0 Å². The molecule has 0 spiro atoms. The second kappa shape index (κ2) is 9.69. The Morgan fingerprint density at radius 3 is 2.45 bits per heavy atom. The Hall–Kier alpha value is -3.28. The van der Waals surface area contributed by atoms with Gasteiger partial charge >= 0.3 is 12.1 Å². The van der Waals surface area contributed by atoms with E-state index in [4.69, 9.17) is 9.47 Å². The third kappa shape index (κ3) is 6.10. The van der Waals surface area contributed by atoms with Gasteiger partial charge < -0.3 is 14.4 Å². The summed E-state index contributed by atoms with van der Waals surface area (Å²) in [7, 11) is 0. The number of hydrogen-bond acceptors (Lipinski definition) is 5. The molecule has 3 rings (SSSR count). The zero-order valence-electron chi connectivity index (χ0n) is 18.6. The summed E-state index contributed by atoms with van der Waals surface area (Å²) in [6.45, 7) is 9.62. The number of nitrogens with zero attached hydrogens (tertiary/aromatic N) is 2. The maximum Gasteiger partial charge on any atom is 0.414 e. The molecule has 2 aromatic carbocycles. The molecule has 6 nitrogen and oxygen atoms in total. The third-order valence-electron chi connectivity index (χ3n) is 4.75. The van der Waals surface area contributed by atoms with Crippen molar-refractivity contribution in [1.29, 1.82) is 0 Å². The summed E-state index contributed by atoms with van der Waals surface area (Å²) in [5.41, 5.74) is 3.14. The van der Waals surface area contributed by atoms with Crippen LogP contribution in [0.15, 0.2) is 54.6 Å². The van der Waals surface area contributed by atoms with Gasteiger partial charge in [0.1, 0.15) is 5.60 Å². The summed E-state index contributed by atoms with van der Waals surface area (Å²) in [6.07, 6.45) is 2.72. The third-order valence-corrected chi connectivity index (χ3v) is 4.75. The minimum Gasteiger partial charge on any atom is -0.463 e. The Bertz CT molecular complexity index is 948. The molecule has 0 unspecified atom stereocenters. The largest absolute Gasteiger partial charge is 0.463 e. The summed E-state index contributed by atoms with van der Waals surface area (Å²) in [6, 6.07) is 16.1. The highest BCUT2D eigenvalue weighted by Crippen LogP contribution is 2.36. The first-order valence-corrected chi connectivity index (χ1v) is 10.5. The number of ether oxygens (including phenoxy) is 2. The van der Waals surface area contributed by atoms with E-state index >= 15 is 0 Å². The zero-order valence-corrected chi connectivity index (χ0v) is 18.6. The molecule has 0 bridgehead atoms. The van der Waals surface area contributed by atoms with Crippen LogP contribution in [0.5, 0.6) is 0 Å². The Balaban J connectivity index is 1.92. The molecule has 0 aliphatic carbocycles. The van der Waals surface area contributed by atoms with Crippen molar-refractivity contribution < 1.29 is 19.1 Å². The molecule has 0 aromatic heterocycles. The fourth-order valence-electron chi connectivity index (χ4n) is 3.42. The molecule has 31 heavy (non-hydrogen) atoms. The lowest BCUT2D eigenvalue weighted by atomic mass is 10.1. The van der Waals surface area contributed by atoms with E-state index in [0.717, 1.165) is 23.5 Å². The van der Waals surface area contributed by atoms with E-state index in [1.54, 1.807) is 17.9 Å². The fourth-order valence-corrected chi connectivity index (χ4v) is 3.42. The van der Waals surface area contributed by atoms with E-state index in [9.17, 15) is 9.59 Å². The van der Waals surface area contributed by atoms with Crippen molar-refractivity contribution in [3.05, 3.63) is 65.7 Å². The van der Waals surface area contributed by atoms with Crippen LogP contribution in [0.3, 0.4) is 0 Å². The lowest BCUT2D eigenvalue weighted by Crippen LogP contribution is -2.45. The molecule has 1 aliphatic heterocycles. The SMILES string of the molecule is CCOC(=O)C=Cc1ccc2c(c1)N(C(=O)OC(C)(C)C)CCN2Cc1ccccc1. The van der Waals surface area contributed by atoms with Gasteiger partial charge in [-0.15, -0.1) is 0 Å². The van der Waals surface area contributed by atoms with Gasteiger partial charge in [-0.2, -0.15) is 0 Å². The topological polar surface area (TPSA) is 59.1 Å². The van der Waals surface area contributed by atoms with Crippen molar-refractivity contribution in [1.82, 2.24) is 0 Å². The van der Waals surface area contributed by atoms with Crippen LogP contribution in [0, 0.1) is 0 Å². The van der Waals surface area contributed by atoms with Gasteiger partial charge in [-0.1, -0.05) is 36.4 Å². The van der Waals surface area contributed by atoms with Crippen molar-refractivity contribution in [3.8, 4) is 0 Å². The Morgan fingerprint density at radius 2 is 1.77 bits per heavy atom. The standard InChI is InChI=1S/C25H30N2O4/c1-5-30-23(28)14-12-19-11-13-21-22(17-19)27(24(29)31-25(2,3)4)16-15-26(21)18-20-9-7-6-8-10-20/h6-14,17H,5,15-16,18H2,1-4H3. The predicted molar refractivity (Wildman–Crippen MR) is 123 cm³/mol. The van der Waals surface area contributed by atoms with E-state index in [1.807, 2.05) is 57.2 Å². The summed E-state index contributed by atoms with van der Waals surface area (Å²) >= 11 is 0. The maximum absolute atomic E-state index is 12.9. The van der Waals surface area contributed by atoms with E-state index < -0.39 is 11.6 Å². The molecule has 0 saturated heterocycles. The van der Waals surface area contributed by atoms with Crippen LogP contribution in [0.2, 0.25) is 0 Å². The minimum atomic E-state index is -0.583. The van der Waals surface area contributed by atoms with E-state index in [0.29, 0.717) is 19.7 Å². The van der Waals surface area contributed by atoms with Gasteiger partial charge in [-0.25, -0.2) is 9.59 Å². The quantitative estimate of drug-likeness (QED) is 0.500. The van der Waals surface area contributed by atoms with Gasteiger partial charge in [0.15, 0.2) is 0 Å². The molecule has 0 radical (unpaired) electrons. The molecule has 1 aliphatic rings. The highest BCUT2D eigenvalue weighted by molar-refractivity contribution is 5.95. The van der Waals surface area contributed by atoms with Crippen molar-refractivity contribution in [2.45, 2.75) is 39.8 Å². The predicted octanol–water partition coefficient (Wildman–Crippen LogP) is 5.02. The molecular weight excluding hydrogens is 392 g/mol. The monoisotopic (exact) mass is 422 g/mol. The first-order valence-electron chi connectivity index (χ1n) is 10.5. The van der Waals surface area contributed by atoms with Crippen LogP contribution in [-0.2, 0) is 20.8 Å². The van der Waals surface area contributed by atoms with Gasteiger partial charge in [0.25, 0.3) is 0 Å². The number of hydrogen-bond donors (Lipinski definition) is 0. The molecule has 0 atom stereocenters. The smallest absolute Gasteiger partial charge is 0.414 e. The lowest BCUT2D eigenvalue weighted by molar-refractivity contribution is -0.137. The molecule has 1 amide bonds. The van der Waals surface area contributed by atoms with Crippen LogP contribution in [0.25, 0.3) is 6.08 Å². The average Bonchev–Trinajstić information content (AvgIpc) is 2.72. The number of fused-ring (bicyclic) bond motifs is 1. The first-order chi connectivity index (χ1) is 14.8. The summed E-state index contributed by atoms with van der Waals surface area (Å²) in [4.78, 5) is 28.5. The Labute approximate surface area is 184 Å². The number of anilines is 2. The highest BCUT2D eigenvalue weighted by Gasteiger charge is 2.30. The second-order valence-electron chi connectivity index (χ2n) is 8.37. The van der Waals surface area contributed by atoms with Gasteiger partial charge in [0.2, 0.25) is 0 Å². The number of benzene rings is 2. The normalized spacial score (nSPS) is 13.8. The number of esters is 1. The summed E-state index contributed by atoms with van der Waals surface area (Å²) < 4.78 is 10.6. The molecule has 0 saturated carbocycles.